The number of carbonyl (C=O) groups excluding carboxylic acids is 3. The minimum absolute atomic E-state index is 0.197. The van der Waals surface area contributed by atoms with Crippen LogP contribution in [0, 0.1) is 28.9 Å². The fraction of sp³-hybridized carbons (Fsp3) is 0.375. The largest absolute Gasteiger partial charge is 0.497 e. The van der Waals surface area contributed by atoms with E-state index in [1.807, 2.05) is 4.90 Å². The first-order chi connectivity index (χ1) is 16.3. The highest BCUT2D eigenvalue weighted by molar-refractivity contribution is 6.26. The molecule has 3 saturated heterocycles. The quantitative estimate of drug-likeness (QED) is 0.422. The van der Waals surface area contributed by atoms with Gasteiger partial charge in [0.25, 0.3) is 5.69 Å². The first-order valence-corrected chi connectivity index (χ1v) is 11.2. The molecule has 10 heteroatoms. The van der Waals surface area contributed by atoms with Crippen molar-refractivity contribution in [2.24, 2.45) is 11.8 Å². The minimum atomic E-state index is -1.33. The third kappa shape index (κ3) is 2.35. The Hall–Kier alpha value is -3.79. The molecule has 3 amide bonds. The molecule has 34 heavy (non-hydrogen) atoms. The fourth-order valence-corrected chi connectivity index (χ4v) is 6.50. The SMILES string of the molecule is COc1ccc2c(c1)C1(C(=O)N2)C2C(=O)N(c3cc([N+](=O)[O-])ccc3C)C(=O)C2C2CCCN21. The fourth-order valence-electron chi connectivity index (χ4n) is 6.50. The molecule has 0 aliphatic carbocycles. The van der Waals surface area contributed by atoms with Crippen LogP contribution in [0.15, 0.2) is 36.4 Å². The van der Waals surface area contributed by atoms with Crippen molar-refractivity contribution in [3.63, 3.8) is 0 Å². The molecular weight excluding hydrogens is 440 g/mol. The van der Waals surface area contributed by atoms with Crippen molar-refractivity contribution >= 4 is 34.8 Å². The zero-order valence-electron chi connectivity index (χ0n) is 18.6. The van der Waals surface area contributed by atoms with E-state index < -0.39 is 34.1 Å². The van der Waals surface area contributed by atoms with E-state index in [1.54, 1.807) is 25.1 Å². The molecule has 4 aliphatic rings. The highest BCUT2D eigenvalue weighted by Crippen LogP contribution is 2.61. The standard InChI is InChI=1S/C24H22N4O6/c1-12-5-6-13(28(32)33)10-18(12)27-21(29)19-17-4-3-9-26(17)24(20(19)22(27)30)15-11-14(34-2)7-8-16(15)25-23(24)31/h5-8,10-11,17,19-20H,3-4,9H2,1-2H3,(H,25,31). The van der Waals surface area contributed by atoms with Crippen LogP contribution in [0.5, 0.6) is 5.75 Å². The summed E-state index contributed by atoms with van der Waals surface area (Å²) in [6.45, 7) is 2.30. The molecule has 1 spiro atoms. The number of nitrogens with zero attached hydrogens (tertiary/aromatic N) is 3. The first-order valence-electron chi connectivity index (χ1n) is 11.2. The Kier molecular flexibility index (Phi) is 4.20. The van der Waals surface area contributed by atoms with Gasteiger partial charge in [-0.2, -0.15) is 0 Å². The first kappa shape index (κ1) is 20.8. The Morgan fingerprint density at radius 2 is 1.94 bits per heavy atom. The van der Waals surface area contributed by atoms with E-state index in [9.17, 15) is 24.5 Å². The van der Waals surface area contributed by atoms with E-state index in [2.05, 4.69) is 5.32 Å². The van der Waals surface area contributed by atoms with Gasteiger partial charge in [0, 0.05) is 29.4 Å². The van der Waals surface area contributed by atoms with Crippen molar-refractivity contribution in [3.8, 4) is 5.75 Å². The lowest BCUT2D eigenvalue weighted by molar-refractivity contribution is -0.384. The number of fused-ring (bicyclic) bond motifs is 7. The maximum Gasteiger partial charge on any atom is 0.271 e. The molecule has 4 heterocycles. The Morgan fingerprint density at radius 1 is 1.15 bits per heavy atom. The zero-order valence-corrected chi connectivity index (χ0v) is 18.6. The Labute approximate surface area is 194 Å². The number of carbonyl (C=O) groups is 3. The number of non-ortho nitro benzene ring substituents is 1. The predicted octanol–water partition coefficient (Wildman–Crippen LogP) is 2.34. The van der Waals surface area contributed by atoms with Crippen LogP contribution in [0.1, 0.15) is 24.0 Å². The number of hydrogen-bond acceptors (Lipinski definition) is 7. The predicted molar refractivity (Wildman–Crippen MR) is 120 cm³/mol. The number of anilines is 2. The summed E-state index contributed by atoms with van der Waals surface area (Å²) >= 11 is 0. The van der Waals surface area contributed by atoms with E-state index in [0.29, 0.717) is 35.5 Å². The van der Waals surface area contributed by atoms with Gasteiger partial charge in [0.1, 0.15) is 11.3 Å². The second-order valence-electron chi connectivity index (χ2n) is 9.28. The van der Waals surface area contributed by atoms with E-state index in [0.717, 1.165) is 11.3 Å². The zero-order chi connectivity index (χ0) is 23.9. The number of benzene rings is 2. The smallest absolute Gasteiger partial charge is 0.271 e. The molecule has 10 nitrogen and oxygen atoms in total. The molecule has 3 fully saturated rings. The number of aryl methyl sites for hydroxylation is 1. The molecule has 0 radical (unpaired) electrons. The normalized spacial score (nSPS) is 29.4. The van der Waals surface area contributed by atoms with Gasteiger partial charge in [-0.15, -0.1) is 0 Å². The molecule has 4 atom stereocenters. The molecule has 4 unspecified atom stereocenters. The van der Waals surface area contributed by atoms with Gasteiger partial charge in [-0.3, -0.25) is 29.4 Å². The van der Waals surface area contributed by atoms with Crippen molar-refractivity contribution < 1.29 is 24.0 Å². The van der Waals surface area contributed by atoms with Gasteiger partial charge in [-0.05, 0) is 50.1 Å². The highest BCUT2D eigenvalue weighted by Gasteiger charge is 2.74. The number of methoxy groups -OCH3 is 1. The van der Waals surface area contributed by atoms with Crippen LogP contribution < -0.4 is 15.0 Å². The number of nitro benzene ring substituents is 1. The number of nitro groups is 1. The summed E-state index contributed by atoms with van der Waals surface area (Å²) in [5.74, 6) is -2.32. The maximum atomic E-state index is 14.0. The summed E-state index contributed by atoms with van der Waals surface area (Å²) in [7, 11) is 1.53. The third-order valence-electron chi connectivity index (χ3n) is 7.84. The van der Waals surface area contributed by atoms with Crippen molar-refractivity contribution in [3.05, 3.63) is 57.6 Å². The van der Waals surface area contributed by atoms with Crippen LogP contribution in [0.3, 0.4) is 0 Å². The Balaban J connectivity index is 1.55. The molecule has 2 aromatic rings. The molecule has 0 bridgehead atoms. The molecule has 4 aliphatic heterocycles. The summed E-state index contributed by atoms with van der Waals surface area (Å²) in [6.07, 6.45) is 1.50. The number of ether oxygens (including phenoxy) is 1. The van der Waals surface area contributed by atoms with E-state index in [4.69, 9.17) is 4.74 Å². The molecule has 0 saturated carbocycles. The monoisotopic (exact) mass is 462 g/mol. The molecule has 1 N–H and O–H groups in total. The van der Waals surface area contributed by atoms with Crippen LogP contribution in [-0.2, 0) is 19.9 Å². The van der Waals surface area contributed by atoms with Crippen molar-refractivity contribution in [2.75, 3.05) is 23.9 Å². The van der Waals surface area contributed by atoms with Gasteiger partial charge in [-0.1, -0.05) is 6.07 Å². The lowest BCUT2D eigenvalue weighted by Crippen LogP contribution is -2.54. The second kappa shape index (κ2) is 6.86. The highest BCUT2D eigenvalue weighted by atomic mass is 16.6. The van der Waals surface area contributed by atoms with Gasteiger partial charge in [-0.25, -0.2) is 4.90 Å². The van der Waals surface area contributed by atoms with Crippen LogP contribution in [0.25, 0.3) is 0 Å². The summed E-state index contributed by atoms with van der Waals surface area (Å²) in [6, 6.07) is 9.13. The average molecular weight is 462 g/mol. The molecule has 6 rings (SSSR count). The Morgan fingerprint density at radius 3 is 2.68 bits per heavy atom. The van der Waals surface area contributed by atoms with E-state index in [1.165, 1.54) is 25.3 Å². The van der Waals surface area contributed by atoms with Gasteiger partial charge < -0.3 is 10.1 Å². The molecule has 0 aromatic heterocycles. The average Bonchev–Trinajstić information content (AvgIpc) is 3.52. The Bertz CT molecular complexity index is 1310. The number of rotatable bonds is 3. The third-order valence-corrected chi connectivity index (χ3v) is 7.84. The second-order valence-corrected chi connectivity index (χ2v) is 9.28. The summed E-state index contributed by atoms with van der Waals surface area (Å²) in [5.41, 5.74) is 0.470. The van der Waals surface area contributed by atoms with Crippen LogP contribution in [0.2, 0.25) is 0 Å². The molecule has 2 aromatic carbocycles. The van der Waals surface area contributed by atoms with Crippen LogP contribution >= 0.6 is 0 Å². The van der Waals surface area contributed by atoms with Crippen molar-refractivity contribution in [1.29, 1.82) is 0 Å². The summed E-state index contributed by atoms with van der Waals surface area (Å²) in [5, 5.41) is 14.3. The number of nitrogens with one attached hydrogen (secondary N) is 1. The van der Waals surface area contributed by atoms with E-state index in [-0.39, 0.29) is 23.3 Å². The maximum absolute atomic E-state index is 14.0. The topological polar surface area (TPSA) is 122 Å². The van der Waals surface area contributed by atoms with Crippen molar-refractivity contribution in [2.45, 2.75) is 31.3 Å². The summed E-state index contributed by atoms with van der Waals surface area (Å²) in [4.78, 5) is 55.4. The van der Waals surface area contributed by atoms with Gasteiger partial charge >= 0.3 is 0 Å². The molecular formula is C24H22N4O6. The lowest BCUT2D eigenvalue weighted by Gasteiger charge is -2.36. The van der Waals surface area contributed by atoms with Gasteiger partial charge in [0.15, 0.2) is 0 Å². The lowest BCUT2D eigenvalue weighted by atomic mass is 9.75. The van der Waals surface area contributed by atoms with Gasteiger partial charge in [0.05, 0.1) is 29.6 Å². The van der Waals surface area contributed by atoms with Gasteiger partial charge in [0.2, 0.25) is 17.7 Å². The van der Waals surface area contributed by atoms with Crippen LogP contribution in [0.4, 0.5) is 17.1 Å². The van der Waals surface area contributed by atoms with Crippen molar-refractivity contribution in [1.82, 2.24) is 4.90 Å². The van der Waals surface area contributed by atoms with Crippen LogP contribution in [-0.4, -0.2) is 47.2 Å². The summed E-state index contributed by atoms with van der Waals surface area (Å²) < 4.78 is 5.41. The van der Waals surface area contributed by atoms with E-state index >= 15 is 0 Å². The minimum Gasteiger partial charge on any atom is -0.497 e. The number of hydrogen-bond donors (Lipinski definition) is 1. The molecule has 174 valence electrons. The number of imide groups is 1. The number of amides is 3.